The highest BCUT2D eigenvalue weighted by molar-refractivity contribution is 5.98. The minimum Gasteiger partial charge on any atom is -0.367 e. The van der Waals surface area contributed by atoms with Gasteiger partial charge < -0.3 is 10.2 Å². The lowest BCUT2D eigenvalue weighted by atomic mass is 10.1. The van der Waals surface area contributed by atoms with Crippen LogP contribution >= 0.6 is 0 Å². The zero-order valence-electron chi connectivity index (χ0n) is 12.3. The number of carbonyl (C=O) groups is 2. The molecule has 2 aliphatic rings. The number of halogens is 1. The average Bonchev–Trinajstić information content (AvgIpc) is 2.52. The van der Waals surface area contributed by atoms with Crippen molar-refractivity contribution < 1.29 is 14.0 Å². The first-order valence-electron chi connectivity index (χ1n) is 7.53. The lowest BCUT2D eigenvalue weighted by Crippen LogP contribution is -2.44. The minimum atomic E-state index is -0.358. The Kier molecular flexibility index (Phi) is 4.24. The van der Waals surface area contributed by atoms with Gasteiger partial charge in [-0.15, -0.1) is 0 Å². The number of nitrogens with one attached hydrogen (secondary N) is 2. The number of piperidine rings is 1. The molecule has 2 saturated heterocycles. The van der Waals surface area contributed by atoms with E-state index in [-0.39, 0.29) is 17.6 Å². The van der Waals surface area contributed by atoms with Crippen LogP contribution in [-0.2, 0) is 9.59 Å². The van der Waals surface area contributed by atoms with E-state index in [2.05, 4.69) is 10.7 Å². The van der Waals surface area contributed by atoms with Crippen molar-refractivity contribution in [3.63, 3.8) is 0 Å². The van der Waals surface area contributed by atoms with E-state index < -0.39 is 0 Å². The van der Waals surface area contributed by atoms with Gasteiger partial charge in [-0.3, -0.25) is 15.0 Å². The molecular formula is C15H19FN4O2. The molecule has 0 saturated carbocycles. The van der Waals surface area contributed by atoms with Crippen molar-refractivity contribution in [2.75, 3.05) is 36.5 Å². The summed E-state index contributed by atoms with van der Waals surface area (Å²) in [6.45, 7) is 3.17. The van der Waals surface area contributed by atoms with Crippen molar-refractivity contribution in [1.82, 2.24) is 10.3 Å². The van der Waals surface area contributed by atoms with Gasteiger partial charge in [-0.2, -0.15) is 5.01 Å². The van der Waals surface area contributed by atoms with Gasteiger partial charge in [0, 0.05) is 45.1 Å². The topological polar surface area (TPSA) is 64.7 Å². The van der Waals surface area contributed by atoms with Crippen LogP contribution in [0.15, 0.2) is 18.2 Å². The molecule has 2 heterocycles. The Bertz CT molecular complexity index is 571. The molecule has 1 aromatic carbocycles. The van der Waals surface area contributed by atoms with Gasteiger partial charge in [0.25, 0.3) is 0 Å². The van der Waals surface area contributed by atoms with Crippen LogP contribution in [0.4, 0.5) is 15.8 Å². The fourth-order valence-electron chi connectivity index (χ4n) is 2.75. The number of rotatable bonds is 3. The first-order valence-corrected chi connectivity index (χ1v) is 7.53. The fourth-order valence-corrected chi connectivity index (χ4v) is 2.75. The van der Waals surface area contributed by atoms with E-state index in [9.17, 15) is 14.0 Å². The van der Waals surface area contributed by atoms with Gasteiger partial charge in [-0.1, -0.05) is 0 Å². The maximum Gasteiger partial charge on any atom is 0.248 e. The van der Waals surface area contributed by atoms with Crippen LogP contribution in [0.25, 0.3) is 0 Å². The van der Waals surface area contributed by atoms with Crippen molar-refractivity contribution in [3.05, 3.63) is 24.0 Å². The molecule has 2 N–H and O–H groups in total. The predicted octanol–water partition coefficient (Wildman–Crippen LogP) is 1.10. The van der Waals surface area contributed by atoms with Crippen LogP contribution in [0.5, 0.6) is 0 Å². The standard InChI is InChI=1S/C15H19FN4O2/c16-12-10-11(18-20-14(21)2-1-3-15(20)22)4-5-13(12)19-8-6-17-7-9-19/h4-5,10,17-18H,1-3,6-9H2. The number of carbonyl (C=O) groups excluding carboxylic acids is 2. The summed E-state index contributed by atoms with van der Waals surface area (Å²) in [7, 11) is 0. The molecular weight excluding hydrogens is 287 g/mol. The highest BCUT2D eigenvalue weighted by Gasteiger charge is 2.26. The highest BCUT2D eigenvalue weighted by atomic mass is 19.1. The fraction of sp³-hybridized carbons (Fsp3) is 0.467. The Labute approximate surface area is 128 Å². The molecule has 118 valence electrons. The largest absolute Gasteiger partial charge is 0.367 e. The second kappa shape index (κ2) is 6.31. The molecule has 6 nitrogen and oxygen atoms in total. The van der Waals surface area contributed by atoms with Gasteiger partial charge in [-0.25, -0.2) is 4.39 Å². The van der Waals surface area contributed by atoms with Gasteiger partial charge in [0.1, 0.15) is 5.82 Å². The molecule has 7 heteroatoms. The monoisotopic (exact) mass is 306 g/mol. The first-order chi connectivity index (χ1) is 10.6. The lowest BCUT2D eigenvalue weighted by Gasteiger charge is -2.30. The Morgan fingerprint density at radius 3 is 2.41 bits per heavy atom. The summed E-state index contributed by atoms with van der Waals surface area (Å²) in [5.41, 5.74) is 3.66. The molecule has 0 atom stereocenters. The molecule has 22 heavy (non-hydrogen) atoms. The quantitative estimate of drug-likeness (QED) is 0.819. The zero-order chi connectivity index (χ0) is 15.5. The van der Waals surface area contributed by atoms with E-state index in [0.29, 0.717) is 30.6 Å². The summed E-state index contributed by atoms with van der Waals surface area (Å²) < 4.78 is 14.3. The second-order valence-electron chi connectivity index (χ2n) is 5.49. The summed E-state index contributed by atoms with van der Waals surface area (Å²) in [4.78, 5) is 25.5. The molecule has 0 unspecified atom stereocenters. The van der Waals surface area contributed by atoms with Crippen LogP contribution in [0.3, 0.4) is 0 Å². The number of amides is 2. The van der Waals surface area contributed by atoms with E-state index in [1.165, 1.54) is 6.07 Å². The van der Waals surface area contributed by atoms with Crippen LogP contribution in [0.1, 0.15) is 19.3 Å². The van der Waals surface area contributed by atoms with E-state index in [4.69, 9.17) is 0 Å². The van der Waals surface area contributed by atoms with E-state index in [1.54, 1.807) is 12.1 Å². The molecule has 3 rings (SSSR count). The number of nitrogens with zero attached hydrogens (tertiary/aromatic N) is 2. The van der Waals surface area contributed by atoms with E-state index >= 15 is 0 Å². The molecule has 0 aliphatic carbocycles. The number of anilines is 2. The lowest BCUT2D eigenvalue weighted by molar-refractivity contribution is -0.146. The smallest absolute Gasteiger partial charge is 0.248 e. The van der Waals surface area contributed by atoms with Crippen molar-refractivity contribution in [3.8, 4) is 0 Å². The maximum atomic E-state index is 14.3. The summed E-state index contributed by atoms with van der Waals surface area (Å²) >= 11 is 0. The van der Waals surface area contributed by atoms with Gasteiger partial charge in [-0.05, 0) is 18.6 Å². The van der Waals surface area contributed by atoms with Crippen LogP contribution in [0.2, 0.25) is 0 Å². The number of benzene rings is 1. The van der Waals surface area contributed by atoms with Gasteiger partial charge in [0.15, 0.2) is 0 Å². The molecule has 0 spiro atoms. The first kappa shape index (κ1) is 14.8. The molecule has 2 aliphatic heterocycles. The third-order valence-electron chi connectivity index (χ3n) is 3.93. The number of imide groups is 1. The Balaban J connectivity index is 1.74. The van der Waals surface area contributed by atoms with Crippen LogP contribution in [0, 0.1) is 5.82 Å². The van der Waals surface area contributed by atoms with E-state index in [1.807, 2.05) is 4.90 Å². The van der Waals surface area contributed by atoms with Crippen molar-refractivity contribution in [2.24, 2.45) is 0 Å². The maximum absolute atomic E-state index is 14.3. The third kappa shape index (κ3) is 3.04. The Morgan fingerprint density at radius 1 is 1.09 bits per heavy atom. The second-order valence-corrected chi connectivity index (χ2v) is 5.49. The van der Waals surface area contributed by atoms with Crippen LogP contribution in [-0.4, -0.2) is 43.0 Å². The van der Waals surface area contributed by atoms with Gasteiger partial charge >= 0.3 is 0 Å². The number of hydrogen-bond donors (Lipinski definition) is 2. The summed E-state index contributed by atoms with van der Waals surface area (Å²) in [5, 5.41) is 4.21. The van der Waals surface area contributed by atoms with Crippen LogP contribution < -0.4 is 15.6 Å². The SMILES string of the molecule is O=C1CCCC(=O)N1Nc1ccc(N2CCNCC2)c(F)c1. The number of hydrazine groups is 1. The molecule has 2 amide bonds. The summed E-state index contributed by atoms with van der Waals surface area (Å²) in [6, 6.07) is 4.70. The van der Waals surface area contributed by atoms with Crippen molar-refractivity contribution >= 4 is 23.2 Å². The Morgan fingerprint density at radius 2 is 1.77 bits per heavy atom. The molecule has 2 fully saturated rings. The normalized spacial score (nSPS) is 19.5. The summed E-state index contributed by atoms with van der Waals surface area (Å²) in [6.07, 6.45) is 1.24. The van der Waals surface area contributed by atoms with Gasteiger partial charge in [0.05, 0.1) is 11.4 Å². The van der Waals surface area contributed by atoms with Crippen molar-refractivity contribution in [2.45, 2.75) is 19.3 Å². The highest BCUT2D eigenvalue weighted by Crippen LogP contribution is 2.24. The van der Waals surface area contributed by atoms with E-state index in [0.717, 1.165) is 31.2 Å². The molecule has 0 radical (unpaired) electrons. The molecule has 0 aromatic heterocycles. The van der Waals surface area contributed by atoms with Gasteiger partial charge in [0.2, 0.25) is 11.8 Å². The minimum absolute atomic E-state index is 0.275. The number of piperazine rings is 1. The summed E-state index contributed by atoms with van der Waals surface area (Å²) in [5.74, 6) is -0.908. The number of hydrogen-bond acceptors (Lipinski definition) is 5. The Hall–Kier alpha value is -2.15. The average molecular weight is 306 g/mol. The molecule has 1 aromatic rings. The third-order valence-corrected chi connectivity index (χ3v) is 3.93. The molecule has 0 bridgehead atoms. The zero-order valence-corrected chi connectivity index (χ0v) is 12.3. The predicted molar refractivity (Wildman–Crippen MR) is 80.8 cm³/mol. The van der Waals surface area contributed by atoms with Crippen molar-refractivity contribution in [1.29, 1.82) is 0 Å².